The van der Waals surface area contributed by atoms with Gasteiger partial charge in [0.15, 0.2) is 0 Å². The van der Waals surface area contributed by atoms with Crippen molar-refractivity contribution in [2.75, 3.05) is 0 Å². The van der Waals surface area contributed by atoms with Crippen molar-refractivity contribution >= 4 is 0 Å². The monoisotopic (exact) mass is 232 g/mol. The maximum atomic E-state index is 9.39. The number of aryl methyl sites for hydroxylation is 1. The second-order valence-corrected chi connectivity index (χ2v) is 4.19. The number of rotatable bonds is 3. The Kier molecular flexibility index (Phi) is 2.88. The Bertz CT molecular complexity index is 558. The number of hydrogen-bond acceptors (Lipinski definition) is 3. The highest BCUT2D eigenvalue weighted by Crippen LogP contribution is 2.24. The van der Waals surface area contributed by atoms with Crippen molar-refractivity contribution in [1.29, 1.82) is 0 Å². The van der Waals surface area contributed by atoms with Gasteiger partial charge in [0.05, 0.1) is 19.4 Å². The molecule has 0 aliphatic heterocycles. The smallest absolute Gasteiger partial charge is 0.0941 e. The van der Waals surface area contributed by atoms with E-state index in [0.717, 1.165) is 17.0 Å². The van der Waals surface area contributed by atoms with Crippen LogP contribution in [0.2, 0.25) is 0 Å². The third-order valence-electron chi connectivity index (χ3n) is 2.60. The minimum absolute atomic E-state index is 0.0772. The van der Waals surface area contributed by atoms with E-state index in [4.69, 9.17) is 1.37 Å². The molecular weight excluding hydrogens is 214 g/mol. The van der Waals surface area contributed by atoms with Gasteiger partial charge >= 0.3 is 0 Å². The average molecular weight is 232 g/mol. The predicted octanol–water partition coefficient (Wildman–Crippen LogP) is 2.33. The summed E-state index contributed by atoms with van der Waals surface area (Å²) in [6.07, 6.45) is 1.65. The average Bonchev–Trinajstić information content (AvgIpc) is 2.77. The van der Waals surface area contributed by atoms with Crippen LogP contribution in [0.5, 0.6) is 0 Å². The molecule has 0 aliphatic carbocycles. The molecule has 0 atom stereocenters. The molecule has 0 saturated carbocycles. The van der Waals surface area contributed by atoms with Crippen LogP contribution in [-0.4, -0.2) is 19.9 Å². The third kappa shape index (κ3) is 2.22. The summed E-state index contributed by atoms with van der Waals surface area (Å²) in [5.74, 6) is 0. The number of aliphatic hydroxyl groups excluding tert-OH is 1. The molecule has 1 N–H and O–H groups in total. The molecule has 17 heavy (non-hydrogen) atoms. The van der Waals surface area contributed by atoms with Crippen LogP contribution in [0.15, 0.2) is 24.4 Å². The van der Waals surface area contributed by atoms with E-state index in [1.807, 2.05) is 25.1 Å². The predicted molar refractivity (Wildman–Crippen MR) is 66.5 cm³/mol. The molecule has 4 nitrogen and oxygen atoms in total. The van der Waals surface area contributed by atoms with Crippen LogP contribution in [0.4, 0.5) is 0 Å². The Morgan fingerprint density at radius 2 is 2.18 bits per heavy atom. The molecule has 0 aliphatic rings. The van der Waals surface area contributed by atoms with Crippen molar-refractivity contribution in [3.63, 3.8) is 0 Å². The van der Waals surface area contributed by atoms with Crippen molar-refractivity contribution in [1.82, 2.24) is 14.8 Å². The van der Waals surface area contributed by atoms with E-state index in [1.165, 1.54) is 0 Å². The molecule has 90 valence electrons. The van der Waals surface area contributed by atoms with Gasteiger partial charge in [-0.3, -0.25) is 9.67 Å². The highest BCUT2D eigenvalue weighted by molar-refractivity contribution is 5.59. The van der Waals surface area contributed by atoms with E-state index in [9.17, 15) is 5.11 Å². The van der Waals surface area contributed by atoms with Crippen molar-refractivity contribution in [3.8, 4) is 11.4 Å². The number of pyridine rings is 1. The van der Waals surface area contributed by atoms with Crippen LogP contribution in [0.3, 0.4) is 0 Å². The lowest BCUT2D eigenvalue weighted by atomic mass is 10.1. The fraction of sp³-hybridized carbons (Fsp3) is 0.385. The Labute approximate surface area is 102 Å². The van der Waals surface area contributed by atoms with Crippen LogP contribution >= 0.6 is 0 Å². The Morgan fingerprint density at radius 3 is 2.82 bits per heavy atom. The second-order valence-electron chi connectivity index (χ2n) is 4.19. The van der Waals surface area contributed by atoms with Crippen LogP contribution in [0, 0.1) is 6.92 Å². The zero-order valence-corrected chi connectivity index (χ0v) is 10.3. The first kappa shape index (κ1) is 10.5. The quantitative estimate of drug-likeness (QED) is 0.883. The van der Waals surface area contributed by atoms with Crippen molar-refractivity contribution < 1.29 is 6.48 Å². The van der Waals surface area contributed by atoms with E-state index < -0.39 is 6.02 Å². The van der Waals surface area contributed by atoms with E-state index in [1.54, 1.807) is 24.7 Å². The molecular formula is C13H17N3O. The summed E-state index contributed by atoms with van der Waals surface area (Å²) in [5, 5.41) is 13.6. The molecule has 0 fully saturated rings. The minimum Gasteiger partial charge on any atom is -0.392 e. The highest BCUT2D eigenvalue weighted by Gasteiger charge is 2.13. The zero-order valence-electron chi connectivity index (χ0n) is 11.3. The third-order valence-corrected chi connectivity index (χ3v) is 2.60. The first-order chi connectivity index (χ1) is 8.43. The maximum absolute atomic E-state index is 9.39. The topological polar surface area (TPSA) is 50.9 Å². The summed E-state index contributed by atoms with van der Waals surface area (Å²) in [7, 11) is 0. The summed E-state index contributed by atoms with van der Waals surface area (Å²) in [6.45, 7) is 5.35. The lowest BCUT2D eigenvalue weighted by Gasteiger charge is -2.13. The molecule has 0 aromatic carbocycles. The van der Waals surface area contributed by atoms with Crippen molar-refractivity contribution in [3.05, 3.63) is 35.7 Å². The van der Waals surface area contributed by atoms with Gasteiger partial charge in [-0.1, -0.05) is 6.07 Å². The SMILES string of the molecule is [2H]C(C)(C)n1nccc1-c1nc(C)ccc1CO. The van der Waals surface area contributed by atoms with Crippen LogP contribution < -0.4 is 0 Å². The standard InChI is InChI=1S/C13H17N3O/c1-9(2)16-12(6-7-14-16)13-11(8-17)5-4-10(3)15-13/h4-7,9,17H,8H2,1-3H3/i9D. The maximum Gasteiger partial charge on any atom is 0.0941 e. The Morgan fingerprint density at radius 1 is 1.41 bits per heavy atom. The fourth-order valence-electron chi connectivity index (χ4n) is 1.77. The van der Waals surface area contributed by atoms with E-state index >= 15 is 0 Å². The van der Waals surface area contributed by atoms with Crippen molar-refractivity contribution in [2.24, 2.45) is 0 Å². The number of hydrogen-bond donors (Lipinski definition) is 1. The summed E-state index contributed by atoms with van der Waals surface area (Å²) < 4.78 is 9.68. The molecule has 0 saturated heterocycles. The van der Waals surface area contributed by atoms with Crippen LogP contribution in [-0.2, 0) is 6.61 Å². The normalized spacial score (nSPS) is 12.6. The number of nitrogens with zero attached hydrogens (tertiary/aromatic N) is 3. The molecule has 2 aromatic rings. The summed E-state index contributed by atoms with van der Waals surface area (Å²) in [4.78, 5) is 4.46. The van der Waals surface area contributed by atoms with Crippen LogP contribution in [0.25, 0.3) is 11.4 Å². The summed E-state index contributed by atoms with van der Waals surface area (Å²) in [6, 6.07) is 4.67. The molecule has 2 rings (SSSR count). The van der Waals surface area contributed by atoms with Gasteiger partial charge in [0.25, 0.3) is 0 Å². The minimum atomic E-state index is -0.864. The lowest BCUT2D eigenvalue weighted by Crippen LogP contribution is -2.07. The van der Waals surface area contributed by atoms with E-state index in [-0.39, 0.29) is 6.61 Å². The van der Waals surface area contributed by atoms with Gasteiger partial charge in [-0.15, -0.1) is 0 Å². The number of aliphatic hydroxyl groups is 1. The van der Waals surface area contributed by atoms with Gasteiger partial charge in [0.1, 0.15) is 0 Å². The molecule has 0 amide bonds. The van der Waals surface area contributed by atoms with Gasteiger partial charge in [-0.05, 0) is 32.9 Å². The van der Waals surface area contributed by atoms with Crippen molar-refractivity contribution in [2.45, 2.75) is 33.4 Å². The summed E-state index contributed by atoms with van der Waals surface area (Å²) >= 11 is 0. The largest absolute Gasteiger partial charge is 0.392 e. The van der Waals surface area contributed by atoms with Gasteiger partial charge in [-0.2, -0.15) is 5.10 Å². The van der Waals surface area contributed by atoms with E-state index in [2.05, 4.69) is 10.1 Å². The molecule has 0 bridgehead atoms. The first-order valence-corrected chi connectivity index (χ1v) is 5.56. The van der Waals surface area contributed by atoms with Gasteiger partial charge < -0.3 is 5.11 Å². The summed E-state index contributed by atoms with van der Waals surface area (Å²) in [5.41, 5.74) is 3.06. The van der Waals surface area contributed by atoms with Gasteiger partial charge in [0.2, 0.25) is 0 Å². The lowest BCUT2D eigenvalue weighted by molar-refractivity contribution is 0.282. The molecule has 0 spiro atoms. The van der Waals surface area contributed by atoms with Gasteiger partial charge in [0, 0.05) is 23.5 Å². The first-order valence-electron chi connectivity index (χ1n) is 6.06. The Balaban J connectivity index is 2.62. The fourth-order valence-corrected chi connectivity index (χ4v) is 1.77. The molecule has 2 aromatic heterocycles. The van der Waals surface area contributed by atoms with E-state index in [0.29, 0.717) is 5.69 Å². The number of aromatic nitrogens is 3. The second kappa shape index (κ2) is 4.67. The van der Waals surface area contributed by atoms with Crippen LogP contribution in [0.1, 0.15) is 32.5 Å². The zero-order chi connectivity index (χ0) is 13.3. The molecule has 0 unspecified atom stereocenters. The van der Waals surface area contributed by atoms with Gasteiger partial charge in [-0.25, -0.2) is 0 Å². The highest BCUT2D eigenvalue weighted by atomic mass is 16.3. The molecule has 4 heteroatoms. The molecule has 0 radical (unpaired) electrons. The Hall–Kier alpha value is -1.68. The molecule has 2 heterocycles.